The molecule has 1 radical (unpaired) electrons. The number of rotatable bonds is 0. The molecule has 0 bridgehead atoms. The fourth-order valence-corrected chi connectivity index (χ4v) is 0.749. The topological polar surface area (TPSA) is 14.1 Å². The van der Waals surface area contributed by atoms with Crippen LogP contribution in [0.2, 0.25) is 0 Å². The molecule has 0 N–H and O–H groups in total. The van der Waals surface area contributed by atoms with E-state index in [4.69, 9.17) is 12.2 Å². The van der Waals surface area contributed by atoms with Gasteiger partial charge in [-0.15, -0.1) is 0 Å². The second-order valence-electron chi connectivity index (χ2n) is 1.38. The van der Waals surface area contributed by atoms with Gasteiger partial charge in [0, 0.05) is 13.0 Å². The van der Waals surface area contributed by atoms with Gasteiger partial charge in [0.25, 0.3) is 0 Å². The molecule has 0 spiro atoms. The minimum absolute atomic E-state index is 0.912. The van der Waals surface area contributed by atoms with Crippen LogP contribution in [0.5, 0.6) is 0 Å². The molecule has 0 aromatic rings. The molecule has 0 amide bonds. The summed E-state index contributed by atoms with van der Waals surface area (Å²) < 4.78 is 0. The molecule has 1 aliphatic heterocycles. The molecule has 1 aliphatic rings. The van der Waals surface area contributed by atoms with Crippen molar-refractivity contribution in [3.05, 3.63) is 0 Å². The molecule has 33 valence electrons. The summed E-state index contributed by atoms with van der Waals surface area (Å²) >= 11 is 4.75. The molecule has 6 heavy (non-hydrogen) atoms. The molecule has 1 nitrogen and oxygen atoms in total. The first-order chi connectivity index (χ1) is 2.89. The Labute approximate surface area is 42.7 Å². The molecule has 0 aromatic carbocycles. The van der Waals surface area contributed by atoms with Gasteiger partial charge in [-0.2, -0.15) is 0 Å². The average Bonchev–Trinajstić information content (AvgIpc) is 1.86. The molecule has 0 atom stereocenters. The summed E-state index contributed by atoms with van der Waals surface area (Å²) in [6.45, 7) is 0.971. The van der Waals surface area contributed by atoms with E-state index in [-0.39, 0.29) is 0 Å². The van der Waals surface area contributed by atoms with Crippen LogP contribution in [-0.4, -0.2) is 11.5 Å². The minimum atomic E-state index is 0.912. The van der Waals surface area contributed by atoms with E-state index in [1.165, 1.54) is 6.42 Å². The molecule has 0 aromatic heterocycles. The number of hydrogen-bond donors (Lipinski definition) is 0. The zero-order chi connectivity index (χ0) is 4.41. The van der Waals surface area contributed by atoms with Crippen molar-refractivity contribution in [1.82, 2.24) is 5.32 Å². The van der Waals surface area contributed by atoms with Gasteiger partial charge in [0.05, 0.1) is 4.99 Å². The van der Waals surface area contributed by atoms with E-state index in [1.807, 2.05) is 0 Å². The largest absolute Gasteiger partial charge is 0.278 e. The Hall–Kier alpha value is -0.110. The average molecular weight is 100 g/mol. The highest BCUT2D eigenvalue weighted by Gasteiger charge is 2.03. The van der Waals surface area contributed by atoms with E-state index in [2.05, 4.69) is 5.32 Å². The second kappa shape index (κ2) is 1.56. The fourth-order valence-electron chi connectivity index (χ4n) is 0.513. The van der Waals surface area contributed by atoms with Crippen molar-refractivity contribution in [1.29, 1.82) is 0 Å². The first-order valence-corrected chi connectivity index (χ1v) is 2.51. The summed E-state index contributed by atoms with van der Waals surface area (Å²) in [6.07, 6.45) is 2.23. The van der Waals surface area contributed by atoms with Gasteiger partial charge in [-0.25, -0.2) is 0 Å². The van der Waals surface area contributed by atoms with Crippen LogP contribution < -0.4 is 5.32 Å². The number of hydrogen-bond acceptors (Lipinski definition) is 1. The lowest BCUT2D eigenvalue weighted by Crippen LogP contribution is -2.00. The quantitative estimate of drug-likeness (QED) is 0.409. The van der Waals surface area contributed by atoms with Crippen LogP contribution in [-0.2, 0) is 0 Å². The molecular weight excluding hydrogens is 94.1 g/mol. The molecule has 1 heterocycles. The van der Waals surface area contributed by atoms with Crippen molar-refractivity contribution in [2.75, 3.05) is 6.54 Å². The Morgan fingerprint density at radius 3 is 2.67 bits per heavy atom. The van der Waals surface area contributed by atoms with Crippen LogP contribution in [0.1, 0.15) is 12.8 Å². The summed E-state index contributed by atoms with van der Waals surface area (Å²) in [6, 6.07) is 0. The summed E-state index contributed by atoms with van der Waals surface area (Å²) in [4.78, 5) is 0.912. The smallest absolute Gasteiger partial charge is 0.0974 e. The summed E-state index contributed by atoms with van der Waals surface area (Å²) in [5, 5.41) is 3.97. The predicted molar refractivity (Wildman–Crippen MR) is 28.8 cm³/mol. The molecular formula is C4H6NS. The van der Waals surface area contributed by atoms with Crippen molar-refractivity contribution < 1.29 is 0 Å². The van der Waals surface area contributed by atoms with Crippen molar-refractivity contribution in [3.8, 4) is 0 Å². The van der Waals surface area contributed by atoms with Gasteiger partial charge in [0.15, 0.2) is 0 Å². The monoisotopic (exact) mass is 100 g/mol. The summed E-state index contributed by atoms with van der Waals surface area (Å²) in [7, 11) is 0. The first-order valence-electron chi connectivity index (χ1n) is 2.10. The molecule has 1 saturated heterocycles. The van der Waals surface area contributed by atoms with Gasteiger partial charge >= 0.3 is 0 Å². The Balaban J connectivity index is 2.37. The fraction of sp³-hybridized carbons (Fsp3) is 0.750. The van der Waals surface area contributed by atoms with Crippen LogP contribution in [0.3, 0.4) is 0 Å². The third-order valence-electron chi connectivity index (χ3n) is 0.837. The SMILES string of the molecule is S=C1CCC[N]1. The van der Waals surface area contributed by atoms with E-state index < -0.39 is 0 Å². The van der Waals surface area contributed by atoms with E-state index >= 15 is 0 Å². The standard InChI is InChI=1S/C4H6NS/c6-4-2-1-3-5-4/h1-3H2. The molecule has 1 rings (SSSR count). The summed E-state index contributed by atoms with van der Waals surface area (Å²) in [5.41, 5.74) is 0. The molecule has 0 aliphatic carbocycles. The van der Waals surface area contributed by atoms with E-state index in [0.29, 0.717) is 0 Å². The van der Waals surface area contributed by atoms with Crippen molar-refractivity contribution in [2.45, 2.75) is 12.8 Å². The highest BCUT2D eigenvalue weighted by Crippen LogP contribution is 1.98. The molecule has 0 unspecified atom stereocenters. The molecule has 0 saturated carbocycles. The van der Waals surface area contributed by atoms with Crippen LogP contribution in [0.15, 0.2) is 0 Å². The zero-order valence-corrected chi connectivity index (χ0v) is 4.29. The predicted octanol–water partition coefficient (Wildman–Crippen LogP) is 0.712. The van der Waals surface area contributed by atoms with Crippen LogP contribution in [0.25, 0.3) is 0 Å². The Bertz CT molecular complexity index is 61.9. The van der Waals surface area contributed by atoms with Gasteiger partial charge in [-0.05, 0) is 6.42 Å². The Kier molecular flexibility index (Phi) is 1.05. The minimum Gasteiger partial charge on any atom is -0.278 e. The van der Waals surface area contributed by atoms with Crippen LogP contribution in [0, 0.1) is 0 Å². The third-order valence-corrected chi connectivity index (χ3v) is 1.17. The molecule has 1 fully saturated rings. The van der Waals surface area contributed by atoms with Crippen molar-refractivity contribution in [3.63, 3.8) is 0 Å². The second-order valence-corrected chi connectivity index (χ2v) is 1.85. The lowest BCUT2D eigenvalue weighted by molar-refractivity contribution is 0.903. The Morgan fingerprint density at radius 2 is 2.50 bits per heavy atom. The zero-order valence-electron chi connectivity index (χ0n) is 3.48. The summed E-state index contributed by atoms with van der Waals surface area (Å²) in [5.74, 6) is 0. The van der Waals surface area contributed by atoms with Crippen LogP contribution in [0.4, 0.5) is 0 Å². The normalized spacial score (nSPS) is 21.0. The van der Waals surface area contributed by atoms with Crippen LogP contribution >= 0.6 is 12.2 Å². The van der Waals surface area contributed by atoms with Crippen molar-refractivity contribution >= 4 is 17.2 Å². The maximum atomic E-state index is 4.75. The maximum Gasteiger partial charge on any atom is 0.0974 e. The van der Waals surface area contributed by atoms with E-state index in [1.54, 1.807) is 0 Å². The Morgan fingerprint density at radius 1 is 1.67 bits per heavy atom. The van der Waals surface area contributed by atoms with Gasteiger partial charge in [0.1, 0.15) is 0 Å². The molecule has 2 heteroatoms. The van der Waals surface area contributed by atoms with Crippen molar-refractivity contribution in [2.24, 2.45) is 0 Å². The highest BCUT2D eigenvalue weighted by atomic mass is 32.1. The lowest BCUT2D eigenvalue weighted by Gasteiger charge is -1.79. The number of thiocarbonyl (C=S) groups is 1. The van der Waals surface area contributed by atoms with Gasteiger partial charge in [0.2, 0.25) is 0 Å². The highest BCUT2D eigenvalue weighted by molar-refractivity contribution is 7.80. The van der Waals surface area contributed by atoms with E-state index in [9.17, 15) is 0 Å². The van der Waals surface area contributed by atoms with Gasteiger partial charge in [-0.3, -0.25) is 5.32 Å². The van der Waals surface area contributed by atoms with E-state index in [0.717, 1.165) is 18.0 Å². The first kappa shape index (κ1) is 4.06. The van der Waals surface area contributed by atoms with Gasteiger partial charge < -0.3 is 0 Å². The maximum absolute atomic E-state index is 4.75. The van der Waals surface area contributed by atoms with Gasteiger partial charge in [-0.1, -0.05) is 12.2 Å². The number of nitrogens with zero attached hydrogens (tertiary/aromatic N) is 1. The third kappa shape index (κ3) is 0.684. The lowest BCUT2D eigenvalue weighted by atomic mass is 10.4.